The molecule has 1 aromatic heterocycles. The fraction of sp³-hybridized carbons (Fsp3) is 0.333. The number of para-hydroxylation sites is 2. The van der Waals surface area contributed by atoms with Gasteiger partial charge in [0.2, 0.25) is 0 Å². The average molecular weight is 302 g/mol. The Labute approximate surface area is 128 Å². The van der Waals surface area contributed by atoms with Gasteiger partial charge >= 0.3 is 0 Å². The highest BCUT2D eigenvalue weighted by atomic mass is 32.1. The molecule has 6 heteroatoms. The fourth-order valence-corrected chi connectivity index (χ4v) is 2.77. The van der Waals surface area contributed by atoms with Gasteiger partial charge in [-0.1, -0.05) is 12.1 Å². The summed E-state index contributed by atoms with van der Waals surface area (Å²) in [5, 5.41) is 6.76. The van der Waals surface area contributed by atoms with Crippen molar-refractivity contribution in [2.24, 2.45) is 0 Å². The van der Waals surface area contributed by atoms with E-state index in [-0.39, 0.29) is 0 Å². The molecule has 0 atom stereocenters. The van der Waals surface area contributed by atoms with Gasteiger partial charge in [-0.25, -0.2) is 4.98 Å². The number of aromatic amines is 1. The van der Waals surface area contributed by atoms with Gasteiger partial charge in [0.25, 0.3) is 0 Å². The highest BCUT2D eigenvalue weighted by molar-refractivity contribution is 7.71. The summed E-state index contributed by atoms with van der Waals surface area (Å²) < 4.78 is 5.89. The van der Waals surface area contributed by atoms with E-state index in [0.29, 0.717) is 4.77 Å². The second-order valence-corrected chi connectivity index (χ2v) is 5.31. The van der Waals surface area contributed by atoms with E-state index in [1.807, 2.05) is 24.3 Å². The largest absolute Gasteiger partial charge is 0.495 e. The van der Waals surface area contributed by atoms with Crippen LogP contribution in [0.2, 0.25) is 0 Å². The zero-order chi connectivity index (χ0) is 14.7. The van der Waals surface area contributed by atoms with Crippen LogP contribution >= 0.6 is 12.2 Å². The van der Waals surface area contributed by atoms with E-state index in [1.165, 1.54) is 5.56 Å². The van der Waals surface area contributed by atoms with Crippen molar-refractivity contribution in [2.45, 2.75) is 12.8 Å². The van der Waals surface area contributed by atoms with Crippen LogP contribution in [0.5, 0.6) is 5.75 Å². The number of benzene rings is 1. The normalized spacial score (nSPS) is 14.1. The lowest BCUT2D eigenvalue weighted by Crippen LogP contribution is -2.16. The van der Waals surface area contributed by atoms with E-state index in [4.69, 9.17) is 17.0 Å². The minimum Gasteiger partial charge on any atom is -0.495 e. The van der Waals surface area contributed by atoms with Crippen molar-refractivity contribution < 1.29 is 4.74 Å². The molecule has 0 fully saturated rings. The molecule has 5 nitrogen and oxygen atoms in total. The Bertz CT molecular complexity index is 698. The van der Waals surface area contributed by atoms with Crippen molar-refractivity contribution in [3.8, 4) is 5.75 Å². The molecular weight excluding hydrogens is 284 g/mol. The first-order chi connectivity index (χ1) is 10.3. The number of hydrogen-bond donors (Lipinski definition) is 3. The first-order valence-corrected chi connectivity index (χ1v) is 7.41. The van der Waals surface area contributed by atoms with Gasteiger partial charge in [-0.15, -0.1) is 0 Å². The Balaban J connectivity index is 2.02. The number of H-pyrrole nitrogens is 1. The van der Waals surface area contributed by atoms with Gasteiger partial charge in [-0.2, -0.15) is 0 Å². The Hall–Kier alpha value is -1.92. The van der Waals surface area contributed by atoms with Gasteiger partial charge in [-0.3, -0.25) is 0 Å². The smallest absolute Gasteiger partial charge is 0.198 e. The molecule has 1 aliphatic heterocycles. The van der Waals surface area contributed by atoms with E-state index in [9.17, 15) is 0 Å². The van der Waals surface area contributed by atoms with Crippen molar-refractivity contribution in [3.63, 3.8) is 0 Å². The standard InChI is InChI=1S/C15H18N4OS/c1-20-13-5-3-2-4-12(13)17-14-10-6-8-16-9-7-11(10)18-15(21)19-14/h2-5,16H,6-9H2,1H3,(H2,17,18,19,21). The number of nitrogens with zero attached hydrogens (tertiary/aromatic N) is 1. The number of ether oxygens (including phenoxy) is 1. The molecule has 3 rings (SSSR count). The van der Waals surface area contributed by atoms with Crippen LogP contribution in [0, 0.1) is 4.77 Å². The van der Waals surface area contributed by atoms with Crippen LogP contribution in [0.25, 0.3) is 0 Å². The first-order valence-electron chi connectivity index (χ1n) is 7.01. The maximum absolute atomic E-state index is 5.38. The summed E-state index contributed by atoms with van der Waals surface area (Å²) in [6.07, 6.45) is 1.86. The monoisotopic (exact) mass is 302 g/mol. The van der Waals surface area contributed by atoms with Crippen molar-refractivity contribution in [2.75, 3.05) is 25.5 Å². The number of hydrogen-bond acceptors (Lipinski definition) is 5. The highest BCUT2D eigenvalue weighted by Crippen LogP contribution is 2.29. The highest BCUT2D eigenvalue weighted by Gasteiger charge is 2.15. The van der Waals surface area contributed by atoms with Gasteiger partial charge in [0.15, 0.2) is 4.77 Å². The molecule has 0 radical (unpaired) electrons. The van der Waals surface area contributed by atoms with Crippen molar-refractivity contribution in [1.29, 1.82) is 0 Å². The van der Waals surface area contributed by atoms with Crippen molar-refractivity contribution >= 4 is 23.7 Å². The number of aromatic nitrogens is 2. The summed E-state index contributed by atoms with van der Waals surface area (Å²) in [5.41, 5.74) is 3.25. The van der Waals surface area contributed by atoms with Crippen LogP contribution < -0.4 is 15.4 Å². The lowest BCUT2D eigenvalue weighted by atomic mass is 10.1. The Morgan fingerprint density at radius 2 is 2.05 bits per heavy atom. The van der Waals surface area contributed by atoms with Crippen LogP contribution in [0.3, 0.4) is 0 Å². The number of nitrogens with one attached hydrogen (secondary N) is 3. The van der Waals surface area contributed by atoms with Crippen LogP contribution in [-0.2, 0) is 12.8 Å². The van der Waals surface area contributed by atoms with E-state index >= 15 is 0 Å². The fourth-order valence-electron chi connectivity index (χ4n) is 2.56. The third kappa shape index (κ3) is 3.06. The molecule has 1 aliphatic rings. The molecule has 2 aromatic rings. The number of rotatable bonds is 3. The summed E-state index contributed by atoms with van der Waals surface area (Å²) >= 11 is 5.25. The van der Waals surface area contributed by atoms with Crippen molar-refractivity contribution in [3.05, 3.63) is 40.3 Å². The summed E-state index contributed by atoms with van der Waals surface area (Å²) in [6.45, 7) is 1.90. The molecule has 0 amide bonds. The minimum absolute atomic E-state index is 0.507. The SMILES string of the molecule is COc1ccccc1Nc1nc(=S)[nH]c2c1CCNCC2. The molecular formula is C15H18N4OS. The number of anilines is 2. The summed E-state index contributed by atoms with van der Waals surface area (Å²) in [5.74, 6) is 1.61. The summed E-state index contributed by atoms with van der Waals surface area (Å²) in [7, 11) is 1.66. The number of fused-ring (bicyclic) bond motifs is 1. The van der Waals surface area contributed by atoms with E-state index in [0.717, 1.165) is 48.9 Å². The maximum atomic E-state index is 5.38. The van der Waals surface area contributed by atoms with Gasteiger partial charge < -0.3 is 20.4 Å². The Morgan fingerprint density at radius 3 is 2.90 bits per heavy atom. The zero-order valence-corrected chi connectivity index (χ0v) is 12.7. The van der Waals surface area contributed by atoms with Crippen LogP contribution in [0.1, 0.15) is 11.3 Å². The summed E-state index contributed by atoms with van der Waals surface area (Å²) in [6, 6.07) is 7.81. The molecule has 1 aromatic carbocycles. The molecule has 0 aliphatic carbocycles. The van der Waals surface area contributed by atoms with Crippen LogP contribution in [0.15, 0.2) is 24.3 Å². The average Bonchev–Trinajstić information content (AvgIpc) is 2.73. The second-order valence-electron chi connectivity index (χ2n) is 4.92. The molecule has 0 bridgehead atoms. The van der Waals surface area contributed by atoms with E-state index < -0.39 is 0 Å². The molecule has 0 spiro atoms. The second kappa shape index (κ2) is 6.24. The molecule has 0 unspecified atom stereocenters. The molecule has 110 valence electrons. The lowest BCUT2D eigenvalue weighted by Gasteiger charge is -2.15. The molecule has 0 saturated carbocycles. The molecule has 0 saturated heterocycles. The van der Waals surface area contributed by atoms with Gasteiger partial charge in [0.05, 0.1) is 12.8 Å². The Morgan fingerprint density at radius 1 is 1.24 bits per heavy atom. The topological polar surface area (TPSA) is 62.0 Å². The predicted molar refractivity (Wildman–Crippen MR) is 86.0 cm³/mol. The molecule has 21 heavy (non-hydrogen) atoms. The predicted octanol–water partition coefficient (Wildman–Crippen LogP) is 2.58. The molecule has 3 N–H and O–H groups in total. The zero-order valence-electron chi connectivity index (χ0n) is 11.9. The number of methoxy groups -OCH3 is 1. The summed E-state index contributed by atoms with van der Waals surface area (Å²) in [4.78, 5) is 7.68. The molecule has 2 heterocycles. The quantitative estimate of drug-likeness (QED) is 0.761. The van der Waals surface area contributed by atoms with E-state index in [2.05, 4.69) is 20.6 Å². The Kier molecular flexibility index (Phi) is 4.17. The lowest BCUT2D eigenvalue weighted by molar-refractivity contribution is 0.417. The maximum Gasteiger partial charge on any atom is 0.198 e. The minimum atomic E-state index is 0.507. The first kappa shape index (κ1) is 14.0. The van der Waals surface area contributed by atoms with E-state index in [1.54, 1.807) is 7.11 Å². The van der Waals surface area contributed by atoms with Crippen LogP contribution in [-0.4, -0.2) is 30.2 Å². The van der Waals surface area contributed by atoms with Gasteiger partial charge in [0.1, 0.15) is 11.6 Å². The van der Waals surface area contributed by atoms with Crippen LogP contribution in [0.4, 0.5) is 11.5 Å². The third-order valence-corrected chi connectivity index (χ3v) is 3.78. The van der Waals surface area contributed by atoms with Gasteiger partial charge in [-0.05, 0) is 37.3 Å². The van der Waals surface area contributed by atoms with Gasteiger partial charge in [0, 0.05) is 24.2 Å². The van der Waals surface area contributed by atoms with Crippen molar-refractivity contribution in [1.82, 2.24) is 15.3 Å². The third-order valence-electron chi connectivity index (χ3n) is 3.58.